The van der Waals surface area contributed by atoms with Gasteiger partial charge in [0.05, 0.1) is 5.56 Å². The molecule has 5 rings (SSSR count). The summed E-state index contributed by atoms with van der Waals surface area (Å²) >= 11 is 0. The van der Waals surface area contributed by atoms with Gasteiger partial charge in [0, 0.05) is 38.3 Å². The predicted molar refractivity (Wildman–Crippen MR) is 119 cm³/mol. The molecule has 0 aliphatic carbocycles. The summed E-state index contributed by atoms with van der Waals surface area (Å²) in [5, 5.41) is 9.05. The molecule has 2 aliphatic rings. The Bertz CT molecular complexity index is 1100. The van der Waals surface area contributed by atoms with Crippen LogP contribution in [0.3, 0.4) is 0 Å². The number of halogens is 1. The van der Waals surface area contributed by atoms with Crippen LogP contribution in [0.5, 0.6) is 11.5 Å². The van der Waals surface area contributed by atoms with Gasteiger partial charge in [0.2, 0.25) is 0 Å². The first kappa shape index (κ1) is 20.7. The highest BCUT2D eigenvalue weighted by Gasteiger charge is 2.42. The summed E-state index contributed by atoms with van der Waals surface area (Å²) in [7, 11) is 0. The van der Waals surface area contributed by atoms with E-state index in [1.807, 2.05) is 36.4 Å². The number of rotatable bonds is 7. The molecular formula is C26H25FN2O3. The normalized spacial score (nSPS) is 20.5. The molecule has 2 heterocycles. The fourth-order valence-electron chi connectivity index (χ4n) is 4.78. The molecule has 0 saturated carbocycles. The van der Waals surface area contributed by atoms with Crippen molar-refractivity contribution in [1.29, 1.82) is 0 Å². The SMILES string of the molecule is O=C(O)c1ccc(CN2C[C@@H]3C[C@H]2CN3Cc2ccc(Oc3ccccc3)c(F)c2)cc1. The highest BCUT2D eigenvalue weighted by Crippen LogP contribution is 2.33. The topological polar surface area (TPSA) is 53.0 Å². The van der Waals surface area contributed by atoms with Crippen molar-refractivity contribution in [3.63, 3.8) is 0 Å². The third kappa shape index (κ3) is 4.38. The molecular weight excluding hydrogens is 407 g/mol. The van der Waals surface area contributed by atoms with E-state index in [1.165, 1.54) is 0 Å². The Hall–Kier alpha value is -3.22. The zero-order chi connectivity index (χ0) is 22.1. The number of aromatic carboxylic acids is 1. The van der Waals surface area contributed by atoms with Crippen LogP contribution in [0.1, 0.15) is 27.9 Å². The number of piperazine rings is 1. The minimum absolute atomic E-state index is 0.239. The van der Waals surface area contributed by atoms with Crippen LogP contribution in [0.4, 0.5) is 4.39 Å². The summed E-state index contributed by atoms with van der Waals surface area (Å²) in [4.78, 5) is 15.9. The van der Waals surface area contributed by atoms with Crippen molar-refractivity contribution in [2.24, 2.45) is 0 Å². The van der Waals surface area contributed by atoms with Crippen molar-refractivity contribution in [3.05, 3.63) is 95.3 Å². The minimum atomic E-state index is -0.900. The van der Waals surface area contributed by atoms with Gasteiger partial charge in [0.1, 0.15) is 5.75 Å². The van der Waals surface area contributed by atoms with Crippen LogP contribution in [0, 0.1) is 5.82 Å². The van der Waals surface area contributed by atoms with E-state index in [2.05, 4.69) is 9.80 Å². The summed E-state index contributed by atoms with van der Waals surface area (Å²) < 4.78 is 20.2. The molecule has 0 aromatic heterocycles. The van der Waals surface area contributed by atoms with Crippen LogP contribution < -0.4 is 4.74 Å². The van der Waals surface area contributed by atoms with Gasteiger partial charge in [-0.3, -0.25) is 9.80 Å². The molecule has 0 radical (unpaired) electrons. The largest absolute Gasteiger partial charge is 0.478 e. The van der Waals surface area contributed by atoms with E-state index in [4.69, 9.17) is 9.84 Å². The van der Waals surface area contributed by atoms with Gasteiger partial charge >= 0.3 is 5.97 Å². The molecule has 2 bridgehead atoms. The number of hydrogen-bond donors (Lipinski definition) is 1. The van der Waals surface area contributed by atoms with E-state index in [0.717, 1.165) is 43.7 Å². The van der Waals surface area contributed by atoms with Crippen LogP contribution in [0.25, 0.3) is 0 Å². The van der Waals surface area contributed by atoms with E-state index in [0.29, 0.717) is 23.4 Å². The maximum absolute atomic E-state index is 14.6. The Balaban J connectivity index is 1.17. The lowest BCUT2D eigenvalue weighted by Gasteiger charge is -2.34. The quantitative estimate of drug-likeness (QED) is 0.583. The number of nitrogens with zero attached hydrogens (tertiary/aromatic N) is 2. The monoisotopic (exact) mass is 432 g/mol. The summed E-state index contributed by atoms with van der Waals surface area (Å²) in [6, 6.07) is 22.5. The Labute approximate surface area is 186 Å². The number of carboxylic acid groups (broad SMARTS) is 1. The molecule has 3 aromatic carbocycles. The lowest BCUT2D eigenvalue weighted by atomic mass is 10.1. The van der Waals surface area contributed by atoms with Crippen LogP contribution in [-0.4, -0.2) is 46.0 Å². The zero-order valence-electron chi connectivity index (χ0n) is 17.7. The van der Waals surface area contributed by atoms with Gasteiger partial charge in [-0.05, 0) is 53.9 Å². The van der Waals surface area contributed by atoms with Crippen LogP contribution in [-0.2, 0) is 13.1 Å². The standard InChI is InChI=1S/C26H25FN2O3/c27-24-12-19(8-11-25(24)32-23-4-2-1-3-5-23)15-29-17-21-13-22(29)16-28(21)14-18-6-9-20(10-7-18)26(30)31/h1-12,21-22H,13-17H2,(H,30,31)/t21-,22-/m0/s1. The van der Waals surface area contributed by atoms with Crippen molar-refractivity contribution in [2.75, 3.05) is 13.1 Å². The lowest BCUT2D eigenvalue weighted by Crippen LogP contribution is -2.45. The van der Waals surface area contributed by atoms with Gasteiger partial charge in [0.15, 0.2) is 11.6 Å². The van der Waals surface area contributed by atoms with Crippen molar-refractivity contribution >= 4 is 5.97 Å². The van der Waals surface area contributed by atoms with Gasteiger partial charge < -0.3 is 9.84 Å². The van der Waals surface area contributed by atoms with Gasteiger partial charge in [-0.2, -0.15) is 0 Å². The molecule has 0 amide bonds. The zero-order valence-corrected chi connectivity index (χ0v) is 17.7. The highest BCUT2D eigenvalue weighted by atomic mass is 19.1. The second kappa shape index (κ2) is 8.73. The smallest absolute Gasteiger partial charge is 0.335 e. The molecule has 3 aromatic rings. The Kier molecular flexibility index (Phi) is 5.64. The summed E-state index contributed by atoms with van der Waals surface area (Å²) in [6.07, 6.45) is 1.12. The maximum Gasteiger partial charge on any atom is 0.335 e. The van der Waals surface area contributed by atoms with Crippen molar-refractivity contribution in [3.8, 4) is 11.5 Å². The average Bonchev–Trinajstić information content (AvgIpc) is 3.37. The van der Waals surface area contributed by atoms with Gasteiger partial charge in [-0.15, -0.1) is 0 Å². The first-order valence-electron chi connectivity index (χ1n) is 10.9. The van der Waals surface area contributed by atoms with E-state index in [-0.39, 0.29) is 11.6 Å². The van der Waals surface area contributed by atoms with Crippen molar-refractivity contribution in [2.45, 2.75) is 31.6 Å². The molecule has 32 heavy (non-hydrogen) atoms. The summed E-state index contributed by atoms with van der Waals surface area (Å²) in [5.41, 5.74) is 2.40. The molecule has 5 nitrogen and oxygen atoms in total. The van der Waals surface area contributed by atoms with Gasteiger partial charge in [-0.1, -0.05) is 36.4 Å². The third-order valence-corrected chi connectivity index (χ3v) is 6.41. The van der Waals surface area contributed by atoms with Crippen LogP contribution >= 0.6 is 0 Å². The van der Waals surface area contributed by atoms with E-state index < -0.39 is 5.97 Å². The Morgan fingerprint density at radius 3 is 2.12 bits per heavy atom. The molecule has 2 saturated heterocycles. The second-order valence-electron chi connectivity index (χ2n) is 8.58. The molecule has 0 spiro atoms. The summed E-state index contributed by atoms with van der Waals surface area (Å²) in [5.74, 6) is -0.387. The average molecular weight is 432 g/mol. The molecule has 6 heteroatoms. The van der Waals surface area contributed by atoms with Crippen LogP contribution in [0.15, 0.2) is 72.8 Å². The number of hydrogen-bond acceptors (Lipinski definition) is 4. The first-order chi connectivity index (χ1) is 15.5. The van der Waals surface area contributed by atoms with Crippen molar-refractivity contribution in [1.82, 2.24) is 9.80 Å². The lowest BCUT2D eigenvalue weighted by molar-refractivity contribution is 0.0697. The highest BCUT2D eigenvalue weighted by molar-refractivity contribution is 5.87. The number of carboxylic acids is 1. The summed E-state index contributed by atoms with van der Waals surface area (Å²) in [6.45, 7) is 3.49. The van der Waals surface area contributed by atoms with Gasteiger partial charge in [0.25, 0.3) is 0 Å². The number of likely N-dealkylation sites (tertiary alicyclic amines) is 2. The fraction of sp³-hybridized carbons (Fsp3) is 0.269. The molecule has 2 aliphatic heterocycles. The fourth-order valence-corrected chi connectivity index (χ4v) is 4.78. The first-order valence-corrected chi connectivity index (χ1v) is 10.9. The van der Waals surface area contributed by atoms with E-state index >= 15 is 0 Å². The number of ether oxygens (including phenoxy) is 1. The molecule has 2 fully saturated rings. The third-order valence-electron chi connectivity index (χ3n) is 6.41. The number of fused-ring (bicyclic) bond motifs is 2. The minimum Gasteiger partial charge on any atom is -0.478 e. The molecule has 1 N–H and O–H groups in total. The molecule has 0 unspecified atom stereocenters. The maximum atomic E-state index is 14.6. The molecule has 164 valence electrons. The van der Waals surface area contributed by atoms with Crippen molar-refractivity contribution < 1.29 is 19.0 Å². The Morgan fingerprint density at radius 1 is 0.906 bits per heavy atom. The number of para-hydroxylation sites is 1. The van der Waals surface area contributed by atoms with E-state index in [1.54, 1.807) is 36.4 Å². The predicted octanol–water partition coefficient (Wildman–Crippen LogP) is 4.77. The van der Waals surface area contributed by atoms with E-state index in [9.17, 15) is 9.18 Å². The second-order valence-corrected chi connectivity index (χ2v) is 8.58. The molecule has 2 atom stereocenters. The van der Waals surface area contributed by atoms with Crippen LogP contribution in [0.2, 0.25) is 0 Å². The van der Waals surface area contributed by atoms with Gasteiger partial charge in [-0.25, -0.2) is 9.18 Å². The number of benzene rings is 3. The number of carbonyl (C=O) groups is 1. The Morgan fingerprint density at radius 2 is 1.53 bits per heavy atom.